The van der Waals surface area contributed by atoms with E-state index in [0.717, 1.165) is 4.47 Å². The van der Waals surface area contributed by atoms with Crippen LogP contribution in [0.25, 0.3) is 17.1 Å². The summed E-state index contributed by atoms with van der Waals surface area (Å²) in [6.45, 7) is 0. The molecule has 0 fully saturated rings. The van der Waals surface area contributed by atoms with E-state index in [9.17, 15) is 4.39 Å². The van der Waals surface area contributed by atoms with E-state index in [-0.39, 0.29) is 5.82 Å². The maximum atomic E-state index is 13.2. The highest BCUT2D eigenvalue weighted by molar-refractivity contribution is 9.13. The lowest BCUT2D eigenvalue weighted by molar-refractivity contribution is 0.552. The van der Waals surface area contributed by atoms with Gasteiger partial charge in [-0.25, -0.2) is 9.37 Å². The number of aromatic nitrogens is 2. The minimum atomic E-state index is -0.375. The predicted molar refractivity (Wildman–Crippen MR) is 72.7 cm³/mol. The lowest BCUT2D eigenvalue weighted by Crippen LogP contribution is -1.94. The summed E-state index contributed by atoms with van der Waals surface area (Å²) in [7, 11) is 0. The molecule has 0 aliphatic heterocycles. The summed E-state index contributed by atoms with van der Waals surface area (Å²) in [5, 5.41) is 0. The van der Waals surface area contributed by atoms with Crippen LogP contribution in [0.1, 0.15) is 0 Å². The SMILES string of the molecule is Nc1c(-c2cc(Br)c(Br)o2)nc2ccc(F)cn12. The van der Waals surface area contributed by atoms with Crippen LogP contribution in [0, 0.1) is 5.82 Å². The van der Waals surface area contributed by atoms with Crippen molar-refractivity contribution in [1.29, 1.82) is 0 Å². The van der Waals surface area contributed by atoms with E-state index in [2.05, 4.69) is 36.8 Å². The summed E-state index contributed by atoms with van der Waals surface area (Å²) in [6, 6.07) is 4.64. The number of rotatable bonds is 1. The van der Waals surface area contributed by atoms with Crippen LogP contribution in [0.15, 0.2) is 38.0 Å². The van der Waals surface area contributed by atoms with Crippen molar-refractivity contribution in [3.05, 3.63) is 39.4 Å². The van der Waals surface area contributed by atoms with Crippen molar-refractivity contribution >= 4 is 43.3 Å². The fraction of sp³-hybridized carbons (Fsp3) is 0. The van der Waals surface area contributed by atoms with E-state index in [1.54, 1.807) is 12.1 Å². The lowest BCUT2D eigenvalue weighted by Gasteiger charge is -1.96. The molecule has 7 heteroatoms. The van der Waals surface area contributed by atoms with Crippen molar-refractivity contribution in [3.8, 4) is 11.5 Å². The fourth-order valence-corrected chi connectivity index (χ4v) is 2.26. The molecule has 2 N–H and O–H groups in total. The molecule has 3 rings (SSSR count). The molecule has 0 saturated heterocycles. The van der Waals surface area contributed by atoms with Gasteiger partial charge < -0.3 is 10.2 Å². The molecule has 3 heterocycles. The number of halogens is 3. The van der Waals surface area contributed by atoms with Crippen LogP contribution in [0.4, 0.5) is 10.2 Å². The summed E-state index contributed by atoms with van der Waals surface area (Å²) in [6.07, 6.45) is 1.29. The summed E-state index contributed by atoms with van der Waals surface area (Å²) in [5.41, 5.74) is 6.98. The minimum absolute atomic E-state index is 0.332. The Hall–Kier alpha value is -1.34. The molecule has 0 amide bonds. The van der Waals surface area contributed by atoms with Crippen LogP contribution in [0.3, 0.4) is 0 Å². The van der Waals surface area contributed by atoms with E-state index in [1.807, 2.05) is 0 Å². The Balaban J connectivity index is 2.26. The smallest absolute Gasteiger partial charge is 0.184 e. The van der Waals surface area contributed by atoms with Crippen LogP contribution in [0.5, 0.6) is 0 Å². The third-order valence-electron chi connectivity index (χ3n) is 2.50. The third-order valence-corrected chi connectivity index (χ3v) is 4.21. The van der Waals surface area contributed by atoms with Gasteiger partial charge in [-0.05, 0) is 44.0 Å². The van der Waals surface area contributed by atoms with Gasteiger partial charge in [-0.2, -0.15) is 0 Å². The predicted octanol–water partition coefficient (Wildman–Crippen LogP) is 3.84. The largest absolute Gasteiger partial charge is 0.446 e. The van der Waals surface area contributed by atoms with Crippen molar-refractivity contribution in [1.82, 2.24) is 9.38 Å². The Bertz CT molecular complexity index is 731. The molecule has 0 spiro atoms. The van der Waals surface area contributed by atoms with E-state index < -0.39 is 0 Å². The molecule has 0 aliphatic rings. The Morgan fingerprint density at radius 1 is 1.33 bits per heavy atom. The minimum Gasteiger partial charge on any atom is -0.446 e. The normalized spacial score (nSPS) is 11.3. The number of nitrogens with two attached hydrogens (primary N) is 1. The molecular weight excluding hydrogens is 369 g/mol. The van der Waals surface area contributed by atoms with Crippen molar-refractivity contribution in [2.24, 2.45) is 0 Å². The quantitative estimate of drug-likeness (QED) is 0.704. The molecule has 0 saturated carbocycles. The van der Waals surface area contributed by atoms with Crippen molar-refractivity contribution in [2.45, 2.75) is 0 Å². The van der Waals surface area contributed by atoms with Crippen molar-refractivity contribution in [2.75, 3.05) is 5.73 Å². The van der Waals surface area contributed by atoms with E-state index in [1.165, 1.54) is 16.7 Å². The number of anilines is 1. The first-order chi connectivity index (χ1) is 8.56. The summed E-state index contributed by atoms with van der Waals surface area (Å²) < 4.78 is 21.4. The molecule has 18 heavy (non-hydrogen) atoms. The Labute approximate surface area is 118 Å². The number of nitrogen functional groups attached to an aromatic ring is 1. The van der Waals surface area contributed by atoms with Gasteiger partial charge in [0, 0.05) is 12.3 Å². The summed E-state index contributed by atoms with van der Waals surface area (Å²) >= 11 is 6.56. The molecule has 0 radical (unpaired) electrons. The molecule has 0 unspecified atom stereocenters. The van der Waals surface area contributed by atoms with Crippen LogP contribution in [0.2, 0.25) is 0 Å². The Morgan fingerprint density at radius 3 is 2.78 bits per heavy atom. The lowest BCUT2D eigenvalue weighted by atomic mass is 10.3. The first-order valence-corrected chi connectivity index (χ1v) is 6.53. The van der Waals surface area contributed by atoms with Gasteiger partial charge in [0.25, 0.3) is 0 Å². The second-order valence-electron chi connectivity index (χ2n) is 3.65. The van der Waals surface area contributed by atoms with Gasteiger partial charge in [-0.3, -0.25) is 4.40 Å². The van der Waals surface area contributed by atoms with Gasteiger partial charge >= 0.3 is 0 Å². The van der Waals surface area contributed by atoms with Gasteiger partial charge in [0.2, 0.25) is 0 Å². The number of fused-ring (bicyclic) bond motifs is 1. The van der Waals surface area contributed by atoms with Crippen molar-refractivity contribution < 1.29 is 8.81 Å². The average Bonchev–Trinajstić information content (AvgIpc) is 2.82. The zero-order chi connectivity index (χ0) is 12.9. The molecule has 3 aromatic rings. The third kappa shape index (κ3) is 1.74. The van der Waals surface area contributed by atoms with E-state index in [4.69, 9.17) is 10.2 Å². The highest BCUT2D eigenvalue weighted by Crippen LogP contribution is 2.35. The Kier molecular flexibility index (Phi) is 2.67. The highest BCUT2D eigenvalue weighted by Gasteiger charge is 2.16. The van der Waals surface area contributed by atoms with Gasteiger partial charge in [-0.1, -0.05) is 0 Å². The molecular formula is C11H6Br2FN3O. The maximum Gasteiger partial charge on any atom is 0.184 e. The topological polar surface area (TPSA) is 56.5 Å². The monoisotopic (exact) mass is 373 g/mol. The van der Waals surface area contributed by atoms with E-state index in [0.29, 0.717) is 27.6 Å². The van der Waals surface area contributed by atoms with Crippen LogP contribution >= 0.6 is 31.9 Å². The molecule has 4 nitrogen and oxygen atoms in total. The zero-order valence-corrected chi connectivity index (χ0v) is 12.0. The molecule has 92 valence electrons. The molecule has 0 atom stereocenters. The number of nitrogens with zero attached hydrogens (tertiary/aromatic N) is 2. The zero-order valence-electron chi connectivity index (χ0n) is 8.82. The van der Waals surface area contributed by atoms with Crippen LogP contribution in [-0.2, 0) is 0 Å². The molecule has 3 aromatic heterocycles. The highest BCUT2D eigenvalue weighted by atomic mass is 79.9. The van der Waals surface area contributed by atoms with Gasteiger partial charge in [-0.15, -0.1) is 0 Å². The first kappa shape index (κ1) is 11.7. The van der Waals surface area contributed by atoms with Crippen LogP contribution in [-0.4, -0.2) is 9.38 Å². The Morgan fingerprint density at radius 2 is 2.11 bits per heavy atom. The van der Waals surface area contributed by atoms with E-state index >= 15 is 0 Å². The molecule has 0 aliphatic carbocycles. The first-order valence-electron chi connectivity index (χ1n) is 4.94. The molecule has 0 aromatic carbocycles. The standard InChI is InChI=1S/C11H6Br2FN3O/c12-6-3-7(18-10(6)13)9-11(15)17-4-5(14)1-2-8(17)16-9/h1-4H,15H2. The summed E-state index contributed by atoms with van der Waals surface area (Å²) in [5.74, 6) is 0.466. The summed E-state index contributed by atoms with van der Waals surface area (Å²) in [4.78, 5) is 4.31. The maximum absolute atomic E-state index is 13.2. The average molecular weight is 375 g/mol. The number of pyridine rings is 1. The number of hydrogen-bond acceptors (Lipinski definition) is 3. The van der Waals surface area contributed by atoms with Crippen LogP contribution < -0.4 is 5.73 Å². The van der Waals surface area contributed by atoms with Crippen molar-refractivity contribution in [3.63, 3.8) is 0 Å². The number of imidazole rings is 1. The second kappa shape index (κ2) is 4.10. The number of furan rings is 1. The molecule has 0 bridgehead atoms. The van der Waals surface area contributed by atoms with Gasteiger partial charge in [0.05, 0.1) is 4.47 Å². The van der Waals surface area contributed by atoms with Gasteiger partial charge in [0.15, 0.2) is 10.4 Å². The fourth-order valence-electron chi connectivity index (χ4n) is 1.68. The number of hydrogen-bond donors (Lipinski definition) is 1. The second-order valence-corrected chi connectivity index (χ2v) is 5.23. The van der Waals surface area contributed by atoms with Gasteiger partial charge in [0.1, 0.15) is 23.0 Å².